The summed E-state index contributed by atoms with van der Waals surface area (Å²) < 4.78 is 0. The molecule has 1 N–H and O–H groups in total. The SMILES string of the molecule is CCCNCc1cnc(N2CCN(CC)C(C)C2)cn1. The molecule has 5 nitrogen and oxygen atoms in total. The monoisotopic (exact) mass is 277 g/mol. The maximum atomic E-state index is 4.57. The summed E-state index contributed by atoms with van der Waals surface area (Å²) in [4.78, 5) is 13.9. The normalized spacial score (nSPS) is 20.4. The molecule has 1 aliphatic rings. The van der Waals surface area contributed by atoms with Gasteiger partial charge in [0.1, 0.15) is 5.82 Å². The summed E-state index contributed by atoms with van der Waals surface area (Å²) >= 11 is 0. The Morgan fingerprint density at radius 2 is 2.10 bits per heavy atom. The van der Waals surface area contributed by atoms with Crippen LogP contribution in [0.5, 0.6) is 0 Å². The predicted octanol–water partition coefficient (Wildman–Crippen LogP) is 1.51. The van der Waals surface area contributed by atoms with Gasteiger partial charge >= 0.3 is 0 Å². The Labute approximate surface area is 122 Å². The number of aromatic nitrogens is 2. The van der Waals surface area contributed by atoms with Gasteiger partial charge in [0.2, 0.25) is 0 Å². The molecule has 1 aromatic rings. The molecular weight excluding hydrogens is 250 g/mol. The van der Waals surface area contributed by atoms with Crippen LogP contribution >= 0.6 is 0 Å². The van der Waals surface area contributed by atoms with Crippen molar-refractivity contribution in [1.82, 2.24) is 20.2 Å². The van der Waals surface area contributed by atoms with Crippen LogP contribution in [0, 0.1) is 0 Å². The lowest BCUT2D eigenvalue weighted by molar-refractivity contribution is 0.199. The average Bonchev–Trinajstić information content (AvgIpc) is 2.48. The molecule has 0 amide bonds. The molecule has 0 saturated carbocycles. The van der Waals surface area contributed by atoms with E-state index in [1.165, 1.54) is 0 Å². The first-order valence-corrected chi connectivity index (χ1v) is 7.75. The fourth-order valence-electron chi connectivity index (χ4n) is 2.67. The van der Waals surface area contributed by atoms with E-state index in [0.29, 0.717) is 6.04 Å². The smallest absolute Gasteiger partial charge is 0.147 e. The second kappa shape index (κ2) is 7.55. The van der Waals surface area contributed by atoms with Crippen molar-refractivity contribution in [3.05, 3.63) is 18.1 Å². The van der Waals surface area contributed by atoms with Gasteiger partial charge in [-0.05, 0) is 26.4 Å². The van der Waals surface area contributed by atoms with Crippen LogP contribution in [0.3, 0.4) is 0 Å². The minimum atomic E-state index is 0.585. The van der Waals surface area contributed by atoms with Gasteiger partial charge in [-0.2, -0.15) is 0 Å². The van der Waals surface area contributed by atoms with Crippen molar-refractivity contribution in [2.45, 2.75) is 39.8 Å². The molecule has 1 unspecified atom stereocenters. The number of rotatable bonds is 6. The predicted molar refractivity (Wildman–Crippen MR) is 83.0 cm³/mol. The molecule has 0 spiro atoms. The summed E-state index contributed by atoms with van der Waals surface area (Å²) in [7, 11) is 0. The third-order valence-corrected chi connectivity index (χ3v) is 3.92. The van der Waals surface area contributed by atoms with Crippen molar-refractivity contribution in [2.24, 2.45) is 0 Å². The standard InChI is InChI=1S/C15H27N5/c1-4-6-16-9-14-10-18-15(11-17-14)20-8-7-19(5-2)13(3)12-20/h10-11,13,16H,4-9,12H2,1-3H3. The van der Waals surface area contributed by atoms with Crippen molar-refractivity contribution < 1.29 is 0 Å². The number of hydrogen-bond acceptors (Lipinski definition) is 5. The first kappa shape index (κ1) is 15.2. The fourth-order valence-corrected chi connectivity index (χ4v) is 2.67. The molecule has 0 radical (unpaired) electrons. The topological polar surface area (TPSA) is 44.3 Å². The van der Waals surface area contributed by atoms with Crippen molar-refractivity contribution in [1.29, 1.82) is 0 Å². The van der Waals surface area contributed by atoms with Crippen LogP contribution in [-0.2, 0) is 6.54 Å². The van der Waals surface area contributed by atoms with Gasteiger partial charge in [-0.3, -0.25) is 9.88 Å². The van der Waals surface area contributed by atoms with Gasteiger partial charge in [0.05, 0.1) is 18.1 Å². The van der Waals surface area contributed by atoms with Crippen LogP contribution in [0.4, 0.5) is 5.82 Å². The Morgan fingerprint density at radius 3 is 2.70 bits per heavy atom. The van der Waals surface area contributed by atoms with E-state index in [0.717, 1.165) is 57.2 Å². The molecule has 0 aromatic carbocycles. The van der Waals surface area contributed by atoms with Gasteiger partial charge in [-0.25, -0.2) is 4.98 Å². The molecule has 1 aromatic heterocycles. The molecule has 0 bridgehead atoms. The number of hydrogen-bond donors (Lipinski definition) is 1. The van der Waals surface area contributed by atoms with Gasteiger partial charge in [0.15, 0.2) is 0 Å². The minimum Gasteiger partial charge on any atom is -0.353 e. The number of nitrogens with zero attached hydrogens (tertiary/aromatic N) is 4. The zero-order chi connectivity index (χ0) is 14.4. The molecular formula is C15H27N5. The van der Waals surface area contributed by atoms with Crippen molar-refractivity contribution in [3.8, 4) is 0 Å². The van der Waals surface area contributed by atoms with Crippen molar-refractivity contribution >= 4 is 5.82 Å². The van der Waals surface area contributed by atoms with E-state index in [-0.39, 0.29) is 0 Å². The Kier molecular flexibility index (Phi) is 5.73. The van der Waals surface area contributed by atoms with Gasteiger partial charge in [-0.15, -0.1) is 0 Å². The minimum absolute atomic E-state index is 0.585. The number of anilines is 1. The second-order valence-corrected chi connectivity index (χ2v) is 5.47. The summed E-state index contributed by atoms with van der Waals surface area (Å²) in [5, 5.41) is 3.35. The molecule has 0 aliphatic carbocycles. The second-order valence-electron chi connectivity index (χ2n) is 5.47. The van der Waals surface area contributed by atoms with Crippen LogP contribution in [0.25, 0.3) is 0 Å². The lowest BCUT2D eigenvalue weighted by Gasteiger charge is -2.39. The Bertz CT molecular complexity index is 392. The third-order valence-electron chi connectivity index (χ3n) is 3.92. The van der Waals surface area contributed by atoms with E-state index < -0.39 is 0 Å². The largest absolute Gasteiger partial charge is 0.353 e. The lowest BCUT2D eigenvalue weighted by Crippen LogP contribution is -2.52. The zero-order valence-corrected chi connectivity index (χ0v) is 13.0. The molecule has 112 valence electrons. The van der Waals surface area contributed by atoms with E-state index >= 15 is 0 Å². The fraction of sp³-hybridized carbons (Fsp3) is 0.733. The molecule has 1 aliphatic heterocycles. The number of nitrogens with one attached hydrogen (secondary N) is 1. The highest BCUT2D eigenvalue weighted by Crippen LogP contribution is 2.15. The van der Waals surface area contributed by atoms with Crippen LogP contribution in [-0.4, -0.2) is 53.6 Å². The molecule has 1 saturated heterocycles. The zero-order valence-electron chi connectivity index (χ0n) is 13.0. The maximum absolute atomic E-state index is 4.57. The van der Waals surface area contributed by atoms with Crippen LogP contribution < -0.4 is 10.2 Å². The van der Waals surface area contributed by atoms with E-state index in [9.17, 15) is 0 Å². The summed E-state index contributed by atoms with van der Waals surface area (Å²) in [5.74, 6) is 1.01. The van der Waals surface area contributed by atoms with E-state index in [1.807, 2.05) is 12.4 Å². The lowest BCUT2D eigenvalue weighted by atomic mass is 10.2. The Balaban J connectivity index is 1.90. The first-order chi connectivity index (χ1) is 9.74. The highest BCUT2D eigenvalue weighted by Gasteiger charge is 2.23. The van der Waals surface area contributed by atoms with Crippen LogP contribution in [0.15, 0.2) is 12.4 Å². The maximum Gasteiger partial charge on any atom is 0.147 e. The van der Waals surface area contributed by atoms with Gasteiger partial charge in [-0.1, -0.05) is 13.8 Å². The molecule has 2 rings (SSSR count). The van der Waals surface area contributed by atoms with Crippen molar-refractivity contribution in [2.75, 3.05) is 37.6 Å². The van der Waals surface area contributed by atoms with E-state index in [2.05, 4.69) is 45.9 Å². The highest BCUT2D eigenvalue weighted by atomic mass is 15.3. The van der Waals surface area contributed by atoms with E-state index in [1.54, 1.807) is 0 Å². The summed E-state index contributed by atoms with van der Waals surface area (Å²) in [6.07, 6.45) is 4.96. The summed E-state index contributed by atoms with van der Waals surface area (Å²) in [6.45, 7) is 12.8. The van der Waals surface area contributed by atoms with Crippen molar-refractivity contribution in [3.63, 3.8) is 0 Å². The molecule has 1 fully saturated rings. The average molecular weight is 277 g/mol. The molecule has 1 atom stereocenters. The molecule has 20 heavy (non-hydrogen) atoms. The molecule has 2 heterocycles. The number of likely N-dealkylation sites (N-methyl/N-ethyl adjacent to an activating group) is 1. The van der Waals surface area contributed by atoms with Gasteiger partial charge in [0, 0.05) is 32.2 Å². The Morgan fingerprint density at radius 1 is 1.25 bits per heavy atom. The Hall–Kier alpha value is -1.20. The van der Waals surface area contributed by atoms with Crippen LogP contribution in [0.1, 0.15) is 32.9 Å². The quantitative estimate of drug-likeness (QED) is 0.799. The van der Waals surface area contributed by atoms with Gasteiger partial charge in [0.25, 0.3) is 0 Å². The van der Waals surface area contributed by atoms with E-state index in [4.69, 9.17) is 0 Å². The first-order valence-electron chi connectivity index (χ1n) is 7.75. The third kappa shape index (κ3) is 3.90. The highest BCUT2D eigenvalue weighted by molar-refractivity contribution is 5.36. The van der Waals surface area contributed by atoms with Gasteiger partial charge < -0.3 is 10.2 Å². The summed E-state index contributed by atoms with van der Waals surface area (Å²) in [6, 6.07) is 0.585. The summed E-state index contributed by atoms with van der Waals surface area (Å²) in [5.41, 5.74) is 1.02. The van der Waals surface area contributed by atoms with Crippen LogP contribution in [0.2, 0.25) is 0 Å². The molecule has 5 heteroatoms. The number of piperazine rings is 1.